The van der Waals surface area contributed by atoms with Gasteiger partial charge in [-0.1, -0.05) is 6.07 Å². The first-order valence-electron chi connectivity index (χ1n) is 8.21. The summed E-state index contributed by atoms with van der Waals surface area (Å²) < 4.78 is 27.1. The number of carbonyl (C=O) groups is 1. The van der Waals surface area contributed by atoms with Gasteiger partial charge >= 0.3 is 0 Å². The zero-order valence-corrected chi connectivity index (χ0v) is 14.1. The van der Waals surface area contributed by atoms with Crippen LogP contribution in [0, 0.1) is 0 Å². The molecule has 0 radical (unpaired) electrons. The monoisotopic (exact) mass is 358 g/mol. The largest absolute Gasteiger partial charge is 0.486 e. The summed E-state index contributed by atoms with van der Waals surface area (Å²) in [5.74, 6) is 1.65. The molecule has 0 saturated carbocycles. The van der Waals surface area contributed by atoms with Gasteiger partial charge in [-0.05, 0) is 35.9 Å². The van der Waals surface area contributed by atoms with Gasteiger partial charge in [-0.2, -0.15) is 0 Å². The Morgan fingerprint density at radius 3 is 2.65 bits per heavy atom. The van der Waals surface area contributed by atoms with Gasteiger partial charge in [0.15, 0.2) is 36.3 Å². The number of aliphatic hydroxyl groups is 1. The number of Topliss-reactive ketones (excluding diaryl/α,β-unsaturated/α-hetero) is 1. The molecule has 0 bridgehead atoms. The Morgan fingerprint density at radius 1 is 1.08 bits per heavy atom. The summed E-state index contributed by atoms with van der Waals surface area (Å²) in [5, 5.41) is 10.5. The van der Waals surface area contributed by atoms with E-state index in [9.17, 15) is 9.90 Å². The molecule has 26 heavy (non-hydrogen) atoms. The van der Waals surface area contributed by atoms with Crippen molar-refractivity contribution in [2.45, 2.75) is 12.2 Å². The number of benzene rings is 2. The molecule has 2 aromatic rings. The molecule has 2 aliphatic heterocycles. The van der Waals surface area contributed by atoms with Crippen LogP contribution in [0.3, 0.4) is 0 Å². The quantitative estimate of drug-likeness (QED) is 0.838. The van der Waals surface area contributed by atoms with E-state index in [0.717, 1.165) is 0 Å². The molecule has 7 heteroatoms. The fourth-order valence-electron chi connectivity index (χ4n) is 3.01. The predicted octanol–water partition coefficient (Wildman–Crippen LogP) is 2.12. The van der Waals surface area contributed by atoms with Gasteiger partial charge in [-0.3, -0.25) is 4.79 Å². The van der Waals surface area contributed by atoms with Gasteiger partial charge < -0.3 is 28.8 Å². The molecule has 1 N–H and O–H groups in total. The van der Waals surface area contributed by atoms with E-state index in [1.807, 2.05) is 0 Å². The summed E-state index contributed by atoms with van der Waals surface area (Å²) in [6.45, 7) is 1.01. The molecule has 0 spiro atoms. The molecule has 2 aromatic carbocycles. The van der Waals surface area contributed by atoms with Crippen molar-refractivity contribution in [1.29, 1.82) is 0 Å². The molecule has 0 amide bonds. The van der Waals surface area contributed by atoms with E-state index in [4.69, 9.17) is 23.7 Å². The van der Waals surface area contributed by atoms with E-state index in [2.05, 4.69) is 0 Å². The van der Waals surface area contributed by atoms with Crippen LogP contribution in [0.5, 0.6) is 23.0 Å². The van der Waals surface area contributed by atoms with Gasteiger partial charge in [0.25, 0.3) is 0 Å². The highest BCUT2D eigenvalue weighted by atomic mass is 16.7. The summed E-state index contributed by atoms with van der Waals surface area (Å²) in [6.07, 6.45) is -2.15. The van der Waals surface area contributed by atoms with Crippen molar-refractivity contribution >= 4 is 5.78 Å². The summed E-state index contributed by atoms with van der Waals surface area (Å²) in [5.41, 5.74) is 0.917. The molecule has 0 unspecified atom stereocenters. The number of hydrogen-bond donors (Lipinski definition) is 1. The first kappa shape index (κ1) is 16.7. The van der Waals surface area contributed by atoms with Gasteiger partial charge in [-0.15, -0.1) is 0 Å². The lowest BCUT2D eigenvalue weighted by molar-refractivity contribution is 0.0210. The van der Waals surface area contributed by atoms with Crippen LogP contribution in [-0.4, -0.2) is 44.1 Å². The predicted molar refractivity (Wildman–Crippen MR) is 90.1 cm³/mol. The third kappa shape index (κ3) is 2.95. The van der Waals surface area contributed by atoms with Crippen molar-refractivity contribution in [3.05, 3.63) is 47.5 Å². The Labute approximate surface area is 150 Å². The third-order valence-corrected chi connectivity index (χ3v) is 4.26. The van der Waals surface area contributed by atoms with Crippen LogP contribution in [0.4, 0.5) is 0 Å². The summed E-state index contributed by atoms with van der Waals surface area (Å²) in [4.78, 5) is 12.6. The Morgan fingerprint density at radius 2 is 1.85 bits per heavy atom. The minimum Gasteiger partial charge on any atom is -0.486 e. The number of hydrogen-bond acceptors (Lipinski definition) is 7. The van der Waals surface area contributed by atoms with Gasteiger partial charge in [0, 0.05) is 7.11 Å². The highest BCUT2D eigenvalue weighted by Crippen LogP contribution is 2.40. The SMILES string of the molecule is COCOc1ccc2c(c1)C(=O)[C@H](O)[C@@H](c1ccc3c(c1)OCCO3)O2. The summed E-state index contributed by atoms with van der Waals surface area (Å²) >= 11 is 0. The van der Waals surface area contributed by atoms with Crippen molar-refractivity contribution in [1.82, 2.24) is 0 Å². The number of fused-ring (bicyclic) bond motifs is 2. The summed E-state index contributed by atoms with van der Waals surface area (Å²) in [7, 11) is 1.51. The topological polar surface area (TPSA) is 83.5 Å². The molecule has 7 nitrogen and oxygen atoms in total. The van der Waals surface area contributed by atoms with Crippen LogP contribution in [0.15, 0.2) is 36.4 Å². The van der Waals surface area contributed by atoms with Crippen LogP contribution in [0.25, 0.3) is 0 Å². The first-order chi connectivity index (χ1) is 12.7. The average Bonchev–Trinajstić information content (AvgIpc) is 2.69. The number of carbonyl (C=O) groups excluding carboxylic acids is 1. The maximum atomic E-state index is 12.6. The molecule has 2 aliphatic rings. The number of methoxy groups -OCH3 is 1. The third-order valence-electron chi connectivity index (χ3n) is 4.26. The van der Waals surface area contributed by atoms with Crippen LogP contribution in [0.2, 0.25) is 0 Å². The zero-order chi connectivity index (χ0) is 18.1. The second-order valence-corrected chi connectivity index (χ2v) is 5.96. The number of ketones is 1. The van der Waals surface area contributed by atoms with Gasteiger partial charge in [-0.25, -0.2) is 0 Å². The molecule has 4 rings (SSSR count). The minimum atomic E-state index is -1.33. The average molecular weight is 358 g/mol. The van der Waals surface area contributed by atoms with Crippen molar-refractivity contribution in [3.8, 4) is 23.0 Å². The lowest BCUT2D eigenvalue weighted by atomic mass is 9.93. The van der Waals surface area contributed by atoms with Crippen molar-refractivity contribution in [2.24, 2.45) is 0 Å². The second-order valence-electron chi connectivity index (χ2n) is 5.96. The van der Waals surface area contributed by atoms with E-state index in [1.165, 1.54) is 7.11 Å². The van der Waals surface area contributed by atoms with Crippen molar-refractivity contribution in [2.75, 3.05) is 27.1 Å². The van der Waals surface area contributed by atoms with Crippen molar-refractivity contribution in [3.63, 3.8) is 0 Å². The molecule has 2 heterocycles. The molecule has 136 valence electrons. The molecule has 0 aliphatic carbocycles. The lowest BCUT2D eigenvalue weighted by Gasteiger charge is -2.30. The van der Waals surface area contributed by atoms with Crippen molar-refractivity contribution < 1.29 is 33.6 Å². The highest BCUT2D eigenvalue weighted by molar-refractivity contribution is 6.03. The minimum absolute atomic E-state index is 0.0657. The lowest BCUT2D eigenvalue weighted by Crippen LogP contribution is -2.36. The Balaban J connectivity index is 1.63. The van der Waals surface area contributed by atoms with Gasteiger partial charge in [0.05, 0.1) is 5.56 Å². The van der Waals surface area contributed by atoms with Gasteiger partial charge in [0.2, 0.25) is 0 Å². The normalized spacial score (nSPS) is 20.9. The van der Waals surface area contributed by atoms with E-state index in [-0.39, 0.29) is 12.4 Å². The molecule has 0 fully saturated rings. The maximum Gasteiger partial charge on any atom is 0.199 e. The van der Waals surface area contributed by atoms with Crippen LogP contribution < -0.4 is 18.9 Å². The van der Waals surface area contributed by atoms with E-state index in [1.54, 1.807) is 36.4 Å². The number of rotatable bonds is 4. The Bertz CT molecular complexity index is 833. The first-order valence-corrected chi connectivity index (χ1v) is 8.21. The van der Waals surface area contributed by atoms with E-state index in [0.29, 0.717) is 41.8 Å². The number of aliphatic hydroxyl groups excluding tert-OH is 1. The van der Waals surface area contributed by atoms with Crippen LogP contribution in [0.1, 0.15) is 22.0 Å². The number of ether oxygens (including phenoxy) is 5. The molecular formula is C19H18O7. The smallest absolute Gasteiger partial charge is 0.199 e. The van der Waals surface area contributed by atoms with Crippen LogP contribution >= 0.6 is 0 Å². The molecule has 0 aromatic heterocycles. The molecular weight excluding hydrogens is 340 g/mol. The van der Waals surface area contributed by atoms with E-state index < -0.39 is 18.0 Å². The van der Waals surface area contributed by atoms with E-state index >= 15 is 0 Å². The standard InChI is InChI=1S/C19H18O7/c1-22-10-25-12-3-5-14-13(9-12)17(20)18(21)19(26-14)11-2-4-15-16(8-11)24-7-6-23-15/h2-5,8-9,18-19,21H,6-7,10H2,1H3/t18-,19+/m0/s1. The highest BCUT2D eigenvalue weighted by Gasteiger charge is 2.37. The Hall–Kier alpha value is -2.77. The second kappa shape index (κ2) is 6.86. The van der Waals surface area contributed by atoms with Gasteiger partial charge in [0.1, 0.15) is 24.7 Å². The summed E-state index contributed by atoms with van der Waals surface area (Å²) in [6, 6.07) is 10.1. The van der Waals surface area contributed by atoms with Crippen LogP contribution in [-0.2, 0) is 4.74 Å². The maximum absolute atomic E-state index is 12.6. The zero-order valence-electron chi connectivity index (χ0n) is 14.1. The fraction of sp³-hybridized carbons (Fsp3) is 0.316. The molecule has 2 atom stereocenters. The fourth-order valence-corrected chi connectivity index (χ4v) is 3.01. The Kier molecular flexibility index (Phi) is 4.40. The molecule has 0 saturated heterocycles.